The van der Waals surface area contributed by atoms with Gasteiger partial charge in [-0.25, -0.2) is 0 Å². The van der Waals surface area contributed by atoms with Crippen LogP contribution >= 0.6 is 0 Å². The third kappa shape index (κ3) is 1.98. The maximum Gasteiger partial charge on any atom is 0.250 e. The quantitative estimate of drug-likeness (QED) is 0.817. The Morgan fingerprint density at radius 1 is 1.17 bits per heavy atom. The summed E-state index contributed by atoms with van der Waals surface area (Å²) < 4.78 is 0. The summed E-state index contributed by atoms with van der Waals surface area (Å²) >= 11 is 0. The van der Waals surface area contributed by atoms with Gasteiger partial charge in [-0.2, -0.15) is 0 Å². The summed E-state index contributed by atoms with van der Waals surface area (Å²) in [6, 6.07) is 5.00. The van der Waals surface area contributed by atoms with Crippen molar-refractivity contribution in [2.24, 2.45) is 0 Å². The molecule has 1 N–H and O–H groups in total. The Hall–Kier alpha value is -1.84. The molecule has 0 aliphatic carbocycles. The lowest BCUT2D eigenvalue weighted by Crippen LogP contribution is -2.61. The van der Waals surface area contributed by atoms with E-state index in [4.69, 9.17) is 0 Å². The monoisotopic (exact) mass is 246 g/mol. The average molecular weight is 246 g/mol. The van der Waals surface area contributed by atoms with E-state index in [0.29, 0.717) is 0 Å². The van der Waals surface area contributed by atoms with E-state index in [1.54, 1.807) is 18.7 Å². The summed E-state index contributed by atoms with van der Waals surface area (Å²) in [6.07, 6.45) is 0. The van der Waals surface area contributed by atoms with E-state index in [1.165, 1.54) is 0 Å². The van der Waals surface area contributed by atoms with Gasteiger partial charge in [-0.1, -0.05) is 12.1 Å². The van der Waals surface area contributed by atoms with Crippen molar-refractivity contribution in [1.82, 2.24) is 5.32 Å². The number of anilines is 1. The number of nitrogens with zero attached hydrogens (tertiary/aromatic N) is 1. The highest BCUT2D eigenvalue weighted by atomic mass is 16.2. The lowest BCUT2D eigenvalue weighted by molar-refractivity contribution is -0.133. The predicted molar refractivity (Wildman–Crippen MR) is 70.5 cm³/mol. The molecule has 1 fully saturated rings. The standard InChI is InChI=1S/C14H18N2O2/c1-8-5-6-9(2)12(7-8)16-11(4)13(17)15-10(3)14(16)18/h5-7,10-11H,1-4H3,(H,15,17). The van der Waals surface area contributed by atoms with Crippen LogP contribution in [-0.4, -0.2) is 23.9 Å². The molecule has 4 nitrogen and oxygen atoms in total. The van der Waals surface area contributed by atoms with Crippen LogP contribution in [0.25, 0.3) is 0 Å². The van der Waals surface area contributed by atoms with E-state index >= 15 is 0 Å². The van der Waals surface area contributed by atoms with Crippen LogP contribution < -0.4 is 10.2 Å². The minimum atomic E-state index is -0.464. The Morgan fingerprint density at radius 3 is 2.50 bits per heavy atom. The first-order valence-corrected chi connectivity index (χ1v) is 6.12. The van der Waals surface area contributed by atoms with Gasteiger partial charge in [0.25, 0.3) is 0 Å². The normalized spacial score (nSPS) is 24.1. The van der Waals surface area contributed by atoms with Gasteiger partial charge in [-0.3, -0.25) is 14.5 Å². The van der Waals surface area contributed by atoms with Crippen molar-refractivity contribution in [3.8, 4) is 0 Å². The summed E-state index contributed by atoms with van der Waals surface area (Å²) in [5, 5.41) is 2.68. The Bertz CT molecular complexity index is 511. The second-order valence-corrected chi connectivity index (χ2v) is 4.90. The molecule has 0 saturated carbocycles. The molecule has 18 heavy (non-hydrogen) atoms. The average Bonchev–Trinajstić information content (AvgIpc) is 2.31. The first-order chi connectivity index (χ1) is 8.41. The first kappa shape index (κ1) is 12.6. The molecular weight excluding hydrogens is 228 g/mol. The SMILES string of the molecule is Cc1ccc(C)c(N2C(=O)C(C)NC(=O)C2C)c1. The van der Waals surface area contributed by atoms with Crippen molar-refractivity contribution in [1.29, 1.82) is 0 Å². The van der Waals surface area contributed by atoms with E-state index in [9.17, 15) is 9.59 Å². The molecule has 96 valence electrons. The van der Waals surface area contributed by atoms with Gasteiger partial charge in [0.2, 0.25) is 11.8 Å². The minimum Gasteiger partial charge on any atom is -0.343 e. The molecule has 1 aliphatic rings. The smallest absolute Gasteiger partial charge is 0.250 e. The number of hydrogen-bond donors (Lipinski definition) is 1. The lowest BCUT2D eigenvalue weighted by atomic mass is 10.0. The summed E-state index contributed by atoms with van der Waals surface area (Å²) in [6.45, 7) is 7.39. The van der Waals surface area contributed by atoms with Crippen molar-refractivity contribution in [3.05, 3.63) is 29.3 Å². The molecule has 1 aromatic rings. The van der Waals surface area contributed by atoms with Gasteiger partial charge in [0, 0.05) is 5.69 Å². The van der Waals surface area contributed by atoms with Crippen molar-refractivity contribution >= 4 is 17.5 Å². The number of nitrogens with one attached hydrogen (secondary N) is 1. The number of hydrogen-bond acceptors (Lipinski definition) is 2. The fourth-order valence-corrected chi connectivity index (χ4v) is 2.22. The molecule has 1 saturated heterocycles. The van der Waals surface area contributed by atoms with Crippen molar-refractivity contribution in [2.75, 3.05) is 4.90 Å². The van der Waals surface area contributed by atoms with Crippen molar-refractivity contribution in [2.45, 2.75) is 39.8 Å². The van der Waals surface area contributed by atoms with E-state index in [-0.39, 0.29) is 11.8 Å². The first-order valence-electron chi connectivity index (χ1n) is 6.12. The predicted octanol–water partition coefficient (Wildman–Crippen LogP) is 1.54. The highest BCUT2D eigenvalue weighted by Crippen LogP contribution is 2.26. The van der Waals surface area contributed by atoms with Gasteiger partial charge in [-0.05, 0) is 44.9 Å². The molecule has 2 amide bonds. The molecule has 1 heterocycles. The number of carbonyl (C=O) groups excluding carboxylic acids is 2. The number of piperazine rings is 1. The fourth-order valence-electron chi connectivity index (χ4n) is 2.22. The van der Waals surface area contributed by atoms with E-state index in [1.807, 2.05) is 32.0 Å². The third-order valence-electron chi connectivity index (χ3n) is 3.36. The van der Waals surface area contributed by atoms with Crippen molar-refractivity contribution in [3.63, 3.8) is 0 Å². The van der Waals surface area contributed by atoms with Crippen molar-refractivity contribution < 1.29 is 9.59 Å². The Labute approximate surface area is 107 Å². The Kier molecular flexibility index (Phi) is 3.11. The zero-order valence-corrected chi connectivity index (χ0v) is 11.2. The number of amides is 2. The molecule has 2 rings (SSSR count). The maximum atomic E-state index is 12.3. The number of carbonyl (C=O) groups is 2. The van der Waals surface area contributed by atoms with Gasteiger partial charge in [0.1, 0.15) is 12.1 Å². The summed E-state index contributed by atoms with van der Waals surface area (Å²) in [5.41, 5.74) is 2.91. The van der Waals surface area contributed by atoms with Crippen LogP contribution in [0.5, 0.6) is 0 Å². The fraction of sp³-hybridized carbons (Fsp3) is 0.429. The topological polar surface area (TPSA) is 49.4 Å². The van der Waals surface area contributed by atoms with Crippen LogP contribution in [0, 0.1) is 13.8 Å². The van der Waals surface area contributed by atoms with Crippen LogP contribution in [0.4, 0.5) is 5.69 Å². The van der Waals surface area contributed by atoms with E-state index in [0.717, 1.165) is 16.8 Å². The van der Waals surface area contributed by atoms with Gasteiger partial charge in [0.15, 0.2) is 0 Å². The summed E-state index contributed by atoms with van der Waals surface area (Å²) in [7, 11) is 0. The summed E-state index contributed by atoms with van der Waals surface area (Å²) in [5.74, 6) is -0.168. The van der Waals surface area contributed by atoms with E-state index in [2.05, 4.69) is 5.32 Å². The number of benzene rings is 1. The number of rotatable bonds is 1. The molecule has 1 aromatic carbocycles. The van der Waals surface area contributed by atoms with Crippen LogP contribution in [0.15, 0.2) is 18.2 Å². The largest absolute Gasteiger partial charge is 0.343 e. The Morgan fingerprint density at radius 2 is 1.83 bits per heavy atom. The summed E-state index contributed by atoms with van der Waals surface area (Å²) in [4.78, 5) is 25.7. The van der Waals surface area contributed by atoms with Gasteiger partial charge >= 0.3 is 0 Å². The zero-order valence-electron chi connectivity index (χ0n) is 11.2. The molecule has 0 spiro atoms. The molecular formula is C14H18N2O2. The minimum absolute atomic E-state index is 0.0594. The highest BCUT2D eigenvalue weighted by Gasteiger charge is 2.37. The molecule has 0 radical (unpaired) electrons. The third-order valence-corrected chi connectivity index (χ3v) is 3.36. The highest BCUT2D eigenvalue weighted by molar-refractivity contribution is 6.08. The molecule has 2 unspecified atom stereocenters. The van der Waals surface area contributed by atoms with Crippen LogP contribution in [-0.2, 0) is 9.59 Å². The second kappa shape index (κ2) is 4.44. The molecule has 0 aromatic heterocycles. The van der Waals surface area contributed by atoms with E-state index < -0.39 is 12.1 Å². The molecule has 4 heteroatoms. The van der Waals surface area contributed by atoms with Gasteiger partial charge < -0.3 is 5.32 Å². The number of aryl methyl sites for hydroxylation is 2. The Balaban J connectivity index is 2.49. The van der Waals surface area contributed by atoms with Gasteiger partial charge in [0.05, 0.1) is 0 Å². The van der Waals surface area contributed by atoms with Gasteiger partial charge in [-0.15, -0.1) is 0 Å². The molecule has 1 aliphatic heterocycles. The van der Waals surface area contributed by atoms with Crippen LogP contribution in [0.2, 0.25) is 0 Å². The molecule has 2 atom stereocenters. The second-order valence-electron chi connectivity index (χ2n) is 4.90. The van der Waals surface area contributed by atoms with Crippen LogP contribution in [0.3, 0.4) is 0 Å². The zero-order chi connectivity index (χ0) is 13.4. The maximum absolute atomic E-state index is 12.3. The molecule has 0 bridgehead atoms. The van der Waals surface area contributed by atoms with Crippen LogP contribution in [0.1, 0.15) is 25.0 Å². The lowest BCUT2D eigenvalue weighted by Gasteiger charge is -2.37.